The summed E-state index contributed by atoms with van der Waals surface area (Å²) < 4.78 is 0. The normalized spacial score (nSPS) is 10.7. The van der Waals surface area contributed by atoms with Gasteiger partial charge in [0, 0.05) is 5.56 Å². The second-order valence-electron chi connectivity index (χ2n) is 5.27. The summed E-state index contributed by atoms with van der Waals surface area (Å²) in [4.78, 5) is 16.5. The number of rotatable bonds is 5. The summed E-state index contributed by atoms with van der Waals surface area (Å²) in [7, 11) is 0. The van der Waals surface area contributed by atoms with Crippen molar-refractivity contribution in [1.29, 1.82) is 0 Å². The van der Waals surface area contributed by atoms with Gasteiger partial charge in [-0.25, -0.2) is 4.98 Å². The van der Waals surface area contributed by atoms with Crippen molar-refractivity contribution in [3.63, 3.8) is 0 Å². The molecule has 5 nitrogen and oxygen atoms in total. The first kappa shape index (κ1) is 17.8. The number of nitrogens with one attached hydrogen (secondary N) is 2. The maximum Gasteiger partial charge on any atom is 0.234 e. The number of hydrogen-bond acceptors (Lipinski definition) is 4. The van der Waals surface area contributed by atoms with Crippen molar-refractivity contribution < 1.29 is 4.79 Å². The number of carbonyl (C=O) groups excluding carboxylic acids is 1. The molecule has 0 radical (unpaired) electrons. The van der Waals surface area contributed by atoms with E-state index in [0.717, 1.165) is 5.56 Å². The monoisotopic (exact) mass is 392 g/mol. The molecule has 0 saturated heterocycles. The van der Waals surface area contributed by atoms with Crippen LogP contribution in [0.25, 0.3) is 11.4 Å². The molecule has 0 bridgehead atoms. The zero-order valence-corrected chi connectivity index (χ0v) is 15.5. The molecule has 1 aromatic heterocycles. The van der Waals surface area contributed by atoms with E-state index in [2.05, 4.69) is 20.5 Å². The van der Waals surface area contributed by atoms with E-state index in [1.165, 1.54) is 17.3 Å². The van der Waals surface area contributed by atoms with Crippen molar-refractivity contribution in [2.24, 2.45) is 0 Å². The van der Waals surface area contributed by atoms with Gasteiger partial charge in [-0.3, -0.25) is 9.89 Å². The summed E-state index contributed by atoms with van der Waals surface area (Å²) in [5.41, 5.74) is 2.52. The van der Waals surface area contributed by atoms with Crippen LogP contribution in [0.1, 0.15) is 5.56 Å². The number of benzene rings is 2. The molecule has 0 aliphatic rings. The maximum absolute atomic E-state index is 12.1. The van der Waals surface area contributed by atoms with E-state index in [1.54, 1.807) is 18.2 Å². The summed E-state index contributed by atoms with van der Waals surface area (Å²) >= 11 is 13.3. The van der Waals surface area contributed by atoms with Crippen LogP contribution in [0.5, 0.6) is 0 Å². The number of para-hydroxylation sites is 1. The Hall–Kier alpha value is -2.02. The molecule has 128 valence electrons. The number of aryl methyl sites for hydroxylation is 1. The molecule has 0 aliphatic heterocycles. The molecule has 3 rings (SSSR count). The number of nitrogens with zero attached hydrogens (tertiary/aromatic N) is 2. The lowest BCUT2D eigenvalue weighted by molar-refractivity contribution is -0.113. The Labute approximate surface area is 159 Å². The molecule has 1 amide bonds. The first-order chi connectivity index (χ1) is 12.0. The average molecular weight is 393 g/mol. The Bertz CT molecular complexity index is 876. The molecule has 25 heavy (non-hydrogen) atoms. The highest BCUT2D eigenvalue weighted by Crippen LogP contribution is 2.30. The summed E-state index contributed by atoms with van der Waals surface area (Å²) in [5, 5.41) is 11.0. The SMILES string of the molecule is Cc1ccc(-c2nc(SCC(=O)Nc3c(Cl)cccc3Cl)n[nH]2)cc1. The number of aromatic amines is 1. The first-order valence-electron chi connectivity index (χ1n) is 7.39. The highest BCUT2D eigenvalue weighted by Gasteiger charge is 2.12. The Morgan fingerprint density at radius 2 is 1.84 bits per heavy atom. The molecule has 8 heteroatoms. The van der Waals surface area contributed by atoms with Crippen LogP contribution >= 0.6 is 35.0 Å². The van der Waals surface area contributed by atoms with E-state index >= 15 is 0 Å². The van der Waals surface area contributed by atoms with Gasteiger partial charge in [-0.05, 0) is 19.1 Å². The minimum atomic E-state index is -0.235. The third kappa shape index (κ3) is 4.54. The molecule has 0 spiro atoms. The van der Waals surface area contributed by atoms with Crippen LogP contribution in [0.15, 0.2) is 47.6 Å². The topological polar surface area (TPSA) is 70.7 Å². The van der Waals surface area contributed by atoms with Crippen LogP contribution in [0.4, 0.5) is 5.69 Å². The predicted molar refractivity (Wildman–Crippen MR) is 102 cm³/mol. The first-order valence-corrected chi connectivity index (χ1v) is 9.13. The number of H-pyrrole nitrogens is 1. The van der Waals surface area contributed by atoms with E-state index in [9.17, 15) is 4.79 Å². The van der Waals surface area contributed by atoms with Crippen LogP contribution in [-0.4, -0.2) is 26.8 Å². The predicted octanol–water partition coefficient (Wildman–Crippen LogP) is 4.82. The van der Waals surface area contributed by atoms with E-state index in [1.807, 2.05) is 31.2 Å². The summed E-state index contributed by atoms with van der Waals surface area (Å²) in [6.07, 6.45) is 0. The van der Waals surface area contributed by atoms with Crippen molar-refractivity contribution in [3.8, 4) is 11.4 Å². The molecule has 0 unspecified atom stereocenters. The van der Waals surface area contributed by atoms with Crippen LogP contribution in [-0.2, 0) is 4.79 Å². The molecule has 0 aliphatic carbocycles. The number of thioether (sulfide) groups is 1. The molecule has 0 atom stereocenters. The van der Waals surface area contributed by atoms with E-state index in [4.69, 9.17) is 23.2 Å². The number of aromatic nitrogens is 3. The average Bonchev–Trinajstić information content (AvgIpc) is 3.06. The van der Waals surface area contributed by atoms with Crippen molar-refractivity contribution in [2.75, 3.05) is 11.1 Å². The van der Waals surface area contributed by atoms with Gasteiger partial charge in [0.1, 0.15) is 0 Å². The second kappa shape index (κ2) is 7.91. The quantitative estimate of drug-likeness (QED) is 0.610. The molecule has 2 N–H and O–H groups in total. The second-order valence-corrected chi connectivity index (χ2v) is 7.02. The fraction of sp³-hybridized carbons (Fsp3) is 0.118. The number of halogens is 2. The Balaban J connectivity index is 1.60. The van der Waals surface area contributed by atoms with Gasteiger partial charge in [-0.2, -0.15) is 0 Å². The van der Waals surface area contributed by atoms with Crippen molar-refractivity contribution in [1.82, 2.24) is 15.2 Å². The van der Waals surface area contributed by atoms with Gasteiger partial charge in [0.15, 0.2) is 5.82 Å². The Kier molecular flexibility index (Phi) is 5.63. The summed E-state index contributed by atoms with van der Waals surface area (Å²) in [6.45, 7) is 2.02. The van der Waals surface area contributed by atoms with Crippen LogP contribution in [0.3, 0.4) is 0 Å². The van der Waals surface area contributed by atoms with E-state index < -0.39 is 0 Å². The van der Waals surface area contributed by atoms with Crippen molar-refractivity contribution >= 4 is 46.6 Å². The Morgan fingerprint density at radius 1 is 1.16 bits per heavy atom. The molecular formula is C17H14Cl2N4OS. The minimum Gasteiger partial charge on any atom is -0.323 e. The van der Waals surface area contributed by atoms with Gasteiger partial charge in [0.2, 0.25) is 11.1 Å². The lowest BCUT2D eigenvalue weighted by atomic mass is 10.1. The number of amides is 1. The van der Waals surface area contributed by atoms with E-state index in [0.29, 0.717) is 26.7 Å². The van der Waals surface area contributed by atoms with Gasteiger partial charge in [0.25, 0.3) is 0 Å². The third-order valence-corrected chi connectivity index (χ3v) is 4.83. The zero-order valence-electron chi connectivity index (χ0n) is 13.2. The standard InChI is InChI=1S/C17H14Cl2N4OS/c1-10-5-7-11(8-6-10)16-21-17(23-22-16)25-9-14(24)20-15-12(18)3-2-4-13(15)19/h2-8H,9H2,1H3,(H,20,24)(H,21,22,23). The fourth-order valence-corrected chi connectivity index (χ4v) is 3.16. The van der Waals surface area contributed by atoms with Crippen LogP contribution in [0, 0.1) is 6.92 Å². The number of hydrogen-bond donors (Lipinski definition) is 2. The van der Waals surface area contributed by atoms with Gasteiger partial charge in [-0.15, -0.1) is 5.10 Å². The lowest BCUT2D eigenvalue weighted by Gasteiger charge is -2.08. The molecule has 1 heterocycles. The van der Waals surface area contributed by atoms with Gasteiger partial charge >= 0.3 is 0 Å². The molecule has 2 aromatic carbocycles. The van der Waals surface area contributed by atoms with Gasteiger partial charge in [0.05, 0.1) is 21.5 Å². The largest absolute Gasteiger partial charge is 0.323 e. The van der Waals surface area contributed by atoms with Gasteiger partial charge in [-0.1, -0.05) is 70.9 Å². The van der Waals surface area contributed by atoms with E-state index in [-0.39, 0.29) is 11.7 Å². The molecule has 0 fully saturated rings. The smallest absolute Gasteiger partial charge is 0.234 e. The maximum atomic E-state index is 12.1. The van der Waals surface area contributed by atoms with Gasteiger partial charge < -0.3 is 5.32 Å². The highest BCUT2D eigenvalue weighted by molar-refractivity contribution is 7.99. The highest BCUT2D eigenvalue weighted by atomic mass is 35.5. The molecule has 0 saturated carbocycles. The fourth-order valence-electron chi connectivity index (χ4n) is 2.07. The lowest BCUT2D eigenvalue weighted by Crippen LogP contribution is -2.14. The van der Waals surface area contributed by atoms with Crippen molar-refractivity contribution in [3.05, 3.63) is 58.1 Å². The third-order valence-electron chi connectivity index (χ3n) is 3.35. The zero-order chi connectivity index (χ0) is 17.8. The molecular weight excluding hydrogens is 379 g/mol. The summed E-state index contributed by atoms with van der Waals surface area (Å²) in [6, 6.07) is 13.0. The van der Waals surface area contributed by atoms with Crippen LogP contribution < -0.4 is 5.32 Å². The van der Waals surface area contributed by atoms with Crippen LogP contribution in [0.2, 0.25) is 10.0 Å². The van der Waals surface area contributed by atoms with Crippen molar-refractivity contribution in [2.45, 2.75) is 12.1 Å². The minimum absolute atomic E-state index is 0.146. The number of carbonyl (C=O) groups is 1. The number of anilines is 1. The molecule has 3 aromatic rings. The summed E-state index contributed by atoms with van der Waals surface area (Å²) in [5.74, 6) is 0.575. The Morgan fingerprint density at radius 3 is 2.52 bits per heavy atom.